The molecule has 2 heterocycles. The van der Waals surface area contributed by atoms with Gasteiger partial charge in [0, 0.05) is 12.6 Å². The third kappa shape index (κ3) is 4.64. The Balaban J connectivity index is 1.72. The Morgan fingerprint density at radius 2 is 1.93 bits per heavy atom. The maximum Gasteiger partial charge on any atom is 0.220 e. The minimum Gasteiger partial charge on any atom is -0.496 e. The fourth-order valence-corrected chi connectivity index (χ4v) is 3.22. The van der Waals surface area contributed by atoms with Crippen LogP contribution < -0.4 is 10.1 Å². The van der Waals surface area contributed by atoms with E-state index in [0.29, 0.717) is 18.8 Å². The molecule has 6 heteroatoms. The molecule has 0 bridgehead atoms. The van der Waals surface area contributed by atoms with E-state index in [2.05, 4.69) is 29.4 Å². The van der Waals surface area contributed by atoms with Gasteiger partial charge in [-0.1, -0.05) is 38.1 Å². The number of nitrogens with one attached hydrogen (secondary N) is 1. The third-order valence-corrected chi connectivity index (χ3v) is 4.51. The molecule has 0 saturated heterocycles. The van der Waals surface area contributed by atoms with Crippen molar-refractivity contribution < 1.29 is 9.53 Å². The van der Waals surface area contributed by atoms with Gasteiger partial charge in [-0.15, -0.1) is 10.2 Å². The summed E-state index contributed by atoms with van der Waals surface area (Å²) >= 11 is 0. The second kappa shape index (κ2) is 8.66. The molecule has 0 fully saturated rings. The highest BCUT2D eigenvalue weighted by Crippen LogP contribution is 2.22. The molecule has 3 rings (SSSR count). The Kier molecular flexibility index (Phi) is 6.06. The van der Waals surface area contributed by atoms with Gasteiger partial charge in [0.05, 0.1) is 13.2 Å². The third-order valence-electron chi connectivity index (χ3n) is 4.51. The lowest BCUT2D eigenvalue weighted by Gasteiger charge is -2.19. The molecule has 1 N–H and O–H groups in total. The fourth-order valence-electron chi connectivity index (χ4n) is 3.22. The molecule has 0 aliphatic carbocycles. The summed E-state index contributed by atoms with van der Waals surface area (Å²) in [5.41, 5.74) is 1.81. The number of para-hydroxylation sites is 1. The quantitative estimate of drug-likeness (QED) is 0.662. The molecule has 0 aliphatic heterocycles. The van der Waals surface area contributed by atoms with Crippen molar-refractivity contribution >= 4 is 11.6 Å². The summed E-state index contributed by atoms with van der Waals surface area (Å²) in [6.07, 6.45) is 3.76. The molecule has 0 spiro atoms. The van der Waals surface area contributed by atoms with Crippen LogP contribution in [0.4, 0.5) is 0 Å². The van der Waals surface area contributed by atoms with E-state index in [1.165, 1.54) is 0 Å². The first-order valence-corrected chi connectivity index (χ1v) is 9.29. The van der Waals surface area contributed by atoms with Gasteiger partial charge >= 0.3 is 0 Å². The molecule has 0 aliphatic rings. The first-order valence-electron chi connectivity index (χ1n) is 9.29. The van der Waals surface area contributed by atoms with Crippen molar-refractivity contribution in [2.24, 2.45) is 5.92 Å². The van der Waals surface area contributed by atoms with Crippen molar-refractivity contribution in [2.45, 2.75) is 39.2 Å². The topological polar surface area (TPSA) is 68.5 Å². The maximum absolute atomic E-state index is 12.6. The number of ether oxygens (including phenoxy) is 1. The molecule has 0 radical (unpaired) electrons. The van der Waals surface area contributed by atoms with Crippen LogP contribution in [0, 0.1) is 5.92 Å². The number of carbonyl (C=O) groups excluding carboxylic acids is 1. The second-order valence-corrected chi connectivity index (χ2v) is 7.05. The van der Waals surface area contributed by atoms with Crippen molar-refractivity contribution in [3.8, 4) is 5.75 Å². The second-order valence-electron chi connectivity index (χ2n) is 7.05. The lowest BCUT2D eigenvalue weighted by atomic mass is 10.0. The van der Waals surface area contributed by atoms with Crippen molar-refractivity contribution in [3.05, 3.63) is 60.0 Å². The van der Waals surface area contributed by atoms with Crippen molar-refractivity contribution in [3.63, 3.8) is 0 Å². The number of aromatic nitrogens is 3. The van der Waals surface area contributed by atoms with Gasteiger partial charge < -0.3 is 10.1 Å². The zero-order chi connectivity index (χ0) is 19.2. The zero-order valence-corrected chi connectivity index (χ0v) is 16.1. The number of amides is 1. The van der Waals surface area contributed by atoms with Crippen molar-refractivity contribution in [1.82, 2.24) is 19.9 Å². The van der Waals surface area contributed by atoms with Gasteiger partial charge in [-0.3, -0.25) is 9.20 Å². The van der Waals surface area contributed by atoms with E-state index in [9.17, 15) is 4.79 Å². The molecule has 1 aromatic carbocycles. The maximum atomic E-state index is 12.6. The SMILES string of the molecule is COc1ccccc1CCC(=O)NC(CC(C)C)c1nnc2ccccn12. The van der Waals surface area contributed by atoms with Crippen LogP contribution in [0.3, 0.4) is 0 Å². The van der Waals surface area contributed by atoms with Crippen LogP contribution in [0.5, 0.6) is 5.75 Å². The van der Waals surface area contributed by atoms with E-state index in [-0.39, 0.29) is 11.9 Å². The van der Waals surface area contributed by atoms with Gasteiger partial charge in [-0.05, 0) is 42.5 Å². The van der Waals surface area contributed by atoms with E-state index in [4.69, 9.17) is 4.74 Å². The number of nitrogens with zero attached hydrogens (tertiary/aromatic N) is 3. The van der Waals surface area contributed by atoms with Crippen molar-refractivity contribution in [1.29, 1.82) is 0 Å². The van der Waals surface area contributed by atoms with Crippen LogP contribution in [-0.2, 0) is 11.2 Å². The van der Waals surface area contributed by atoms with Crippen LogP contribution >= 0.6 is 0 Å². The molecular formula is C21H26N4O2. The molecule has 1 unspecified atom stereocenters. The van der Waals surface area contributed by atoms with Crippen LogP contribution in [0.25, 0.3) is 5.65 Å². The number of carbonyl (C=O) groups is 1. The van der Waals surface area contributed by atoms with Crippen molar-refractivity contribution in [2.75, 3.05) is 7.11 Å². The van der Waals surface area contributed by atoms with Crippen LogP contribution in [-0.4, -0.2) is 27.6 Å². The molecule has 27 heavy (non-hydrogen) atoms. The highest BCUT2D eigenvalue weighted by atomic mass is 16.5. The van der Waals surface area contributed by atoms with E-state index >= 15 is 0 Å². The Labute approximate surface area is 159 Å². The Hall–Kier alpha value is -2.89. The molecule has 1 atom stereocenters. The van der Waals surface area contributed by atoms with Gasteiger partial charge in [0.2, 0.25) is 5.91 Å². The van der Waals surface area contributed by atoms with E-state index in [1.807, 2.05) is 53.1 Å². The normalized spacial score (nSPS) is 12.3. The highest BCUT2D eigenvalue weighted by Gasteiger charge is 2.21. The summed E-state index contributed by atoms with van der Waals surface area (Å²) < 4.78 is 7.30. The molecular weight excluding hydrogens is 340 g/mol. The minimum atomic E-state index is -0.174. The highest BCUT2D eigenvalue weighted by molar-refractivity contribution is 5.76. The lowest BCUT2D eigenvalue weighted by molar-refractivity contribution is -0.122. The minimum absolute atomic E-state index is 0.000706. The summed E-state index contributed by atoms with van der Waals surface area (Å²) in [5, 5.41) is 11.7. The van der Waals surface area contributed by atoms with E-state index in [0.717, 1.165) is 29.2 Å². The van der Waals surface area contributed by atoms with Crippen LogP contribution in [0.2, 0.25) is 0 Å². The number of pyridine rings is 1. The van der Waals surface area contributed by atoms with Gasteiger partial charge in [-0.25, -0.2) is 0 Å². The van der Waals surface area contributed by atoms with Gasteiger partial charge in [0.1, 0.15) is 5.75 Å². The van der Waals surface area contributed by atoms with E-state index < -0.39 is 0 Å². The van der Waals surface area contributed by atoms with Crippen LogP contribution in [0.1, 0.15) is 44.1 Å². The lowest BCUT2D eigenvalue weighted by Crippen LogP contribution is -2.31. The summed E-state index contributed by atoms with van der Waals surface area (Å²) in [5.74, 6) is 2.00. The largest absolute Gasteiger partial charge is 0.496 e. The Morgan fingerprint density at radius 3 is 2.70 bits per heavy atom. The van der Waals surface area contributed by atoms with E-state index in [1.54, 1.807) is 7.11 Å². The molecule has 6 nitrogen and oxygen atoms in total. The Bertz CT molecular complexity index is 904. The summed E-state index contributed by atoms with van der Waals surface area (Å²) in [6, 6.07) is 13.4. The number of aryl methyl sites for hydroxylation is 1. The van der Waals surface area contributed by atoms with Gasteiger partial charge in [0.15, 0.2) is 11.5 Å². The number of hydrogen-bond donors (Lipinski definition) is 1. The average Bonchev–Trinajstić information content (AvgIpc) is 3.10. The zero-order valence-electron chi connectivity index (χ0n) is 16.1. The predicted molar refractivity (Wildman–Crippen MR) is 105 cm³/mol. The molecule has 1 amide bonds. The summed E-state index contributed by atoms with van der Waals surface area (Å²) in [6.45, 7) is 4.27. The number of methoxy groups -OCH3 is 1. The first-order chi connectivity index (χ1) is 13.1. The Morgan fingerprint density at radius 1 is 1.15 bits per heavy atom. The smallest absolute Gasteiger partial charge is 0.220 e. The standard InChI is InChI=1S/C21H26N4O2/c1-15(2)14-17(21-24-23-19-10-6-7-13-25(19)21)22-20(26)12-11-16-8-4-5-9-18(16)27-3/h4-10,13,15,17H,11-12,14H2,1-3H3,(H,22,26). The van der Waals surface area contributed by atoms with Crippen LogP contribution in [0.15, 0.2) is 48.7 Å². The predicted octanol–water partition coefficient (Wildman–Crippen LogP) is 3.57. The summed E-state index contributed by atoms with van der Waals surface area (Å²) in [7, 11) is 1.65. The molecule has 0 saturated carbocycles. The average molecular weight is 366 g/mol. The summed E-state index contributed by atoms with van der Waals surface area (Å²) in [4.78, 5) is 12.6. The number of hydrogen-bond acceptors (Lipinski definition) is 4. The molecule has 2 aromatic heterocycles. The van der Waals surface area contributed by atoms with Gasteiger partial charge in [0.25, 0.3) is 0 Å². The molecule has 3 aromatic rings. The number of rotatable bonds is 8. The fraction of sp³-hybridized carbons (Fsp3) is 0.381. The number of benzene rings is 1. The van der Waals surface area contributed by atoms with Gasteiger partial charge in [-0.2, -0.15) is 0 Å². The number of fused-ring (bicyclic) bond motifs is 1. The monoisotopic (exact) mass is 366 g/mol. The molecule has 142 valence electrons. The first kappa shape index (κ1) is 18.9.